The van der Waals surface area contributed by atoms with Gasteiger partial charge in [0, 0.05) is 17.0 Å². The van der Waals surface area contributed by atoms with Gasteiger partial charge in [0.2, 0.25) is 5.88 Å². The van der Waals surface area contributed by atoms with Crippen molar-refractivity contribution in [1.82, 2.24) is 9.97 Å². The summed E-state index contributed by atoms with van der Waals surface area (Å²) in [4.78, 5) is 9.11. The van der Waals surface area contributed by atoms with Gasteiger partial charge in [-0.05, 0) is 17.7 Å². The average molecular weight is 340 g/mol. The summed E-state index contributed by atoms with van der Waals surface area (Å²) in [7, 11) is 0. The number of rotatable bonds is 3. The van der Waals surface area contributed by atoms with E-state index in [9.17, 15) is 8.78 Å². The van der Waals surface area contributed by atoms with Crippen LogP contribution in [0.1, 0.15) is 0 Å². The third kappa shape index (κ3) is 2.61. The second kappa shape index (κ2) is 5.98. The number of hydrogen-bond donors (Lipinski definition) is 0. The van der Waals surface area contributed by atoms with Crippen molar-refractivity contribution in [3.8, 4) is 22.8 Å². The first-order valence-corrected chi connectivity index (χ1v) is 8.01. The number of nitrogens with zero attached hydrogens (tertiary/aromatic N) is 2. The third-order valence-corrected chi connectivity index (χ3v) is 4.41. The molecule has 0 saturated carbocycles. The van der Waals surface area contributed by atoms with Gasteiger partial charge < -0.3 is 4.74 Å². The van der Waals surface area contributed by atoms with Gasteiger partial charge in [0.05, 0.1) is 5.39 Å². The molecule has 0 bridgehead atoms. The number of benzene rings is 2. The fourth-order valence-corrected chi connectivity index (χ4v) is 3.32. The van der Waals surface area contributed by atoms with Gasteiger partial charge >= 0.3 is 0 Å². The SMILES string of the molecule is Fc1ccc(Oc2ncnc3scc(-c4ccccc4)c23)c(F)c1. The minimum atomic E-state index is -0.779. The van der Waals surface area contributed by atoms with Crippen molar-refractivity contribution in [3.05, 3.63) is 71.9 Å². The van der Waals surface area contributed by atoms with E-state index < -0.39 is 11.6 Å². The molecule has 0 unspecified atom stereocenters. The van der Waals surface area contributed by atoms with E-state index in [-0.39, 0.29) is 11.6 Å². The zero-order valence-electron chi connectivity index (χ0n) is 12.2. The van der Waals surface area contributed by atoms with Crippen LogP contribution in [0, 0.1) is 11.6 Å². The van der Waals surface area contributed by atoms with E-state index in [1.165, 1.54) is 23.7 Å². The first-order valence-electron chi connectivity index (χ1n) is 7.13. The molecule has 0 saturated heterocycles. The topological polar surface area (TPSA) is 35.0 Å². The summed E-state index contributed by atoms with van der Waals surface area (Å²) in [6, 6.07) is 12.9. The quantitative estimate of drug-likeness (QED) is 0.499. The maximum atomic E-state index is 13.9. The lowest BCUT2D eigenvalue weighted by atomic mass is 10.1. The minimum Gasteiger partial charge on any atom is -0.435 e. The monoisotopic (exact) mass is 340 g/mol. The molecule has 0 radical (unpaired) electrons. The Hall–Kier alpha value is -2.86. The van der Waals surface area contributed by atoms with Crippen LogP contribution in [0.5, 0.6) is 11.6 Å². The van der Waals surface area contributed by atoms with Crippen molar-refractivity contribution in [2.75, 3.05) is 0 Å². The van der Waals surface area contributed by atoms with E-state index in [1.807, 2.05) is 35.7 Å². The van der Waals surface area contributed by atoms with Gasteiger partial charge in [-0.1, -0.05) is 30.3 Å². The number of aromatic nitrogens is 2. The molecule has 0 aliphatic rings. The average Bonchev–Trinajstić information content (AvgIpc) is 3.03. The predicted octanol–water partition coefficient (Wildman–Crippen LogP) is 5.43. The van der Waals surface area contributed by atoms with E-state index in [0.717, 1.165) is 28.1 Å². The molecule has 0 N–H and O–H groups in total. The van der Waals surface area contributed by atoms with Gasteiger partial charge in [-0.2, -0.15) is 0 Å². The van der Waals surface area contributed by atoms with Crippen LogP contribution < -0.4 is 4.74 Å². The highest BCUT2D eigenvalue weighted by atomic mass is 32.1. The molecule has 3 nitrogen and oxygen atoms in total. The van der Waals surface area contributed by atoms with Gasteiger partial charge in [0.1, 0.15) is 17.0 Å². The number of hydrogen-bond acceptors (Lipinski definition) is 4. The number of fused-ring (bicyclic) bond motifs is 1. The molecule has 2 aromatic carbocycles. The molecular weight excluding hydrogens is 330 g/mol. The van der Waals surface area contributed by atoms with Gasteiger partial charge in [-0.25, -0.2) is 18.7 Å². The smallest absolute Gasteiger partial charge is 0.231 e. The highest BCUT2D eigenvalue weighted by molar-refractivity contribution is 7.17. The molecule has 4 rings (SSSR count). The number of halogens is 2. The van der Waals surface area contributed by atoms with Crippen LogP contribution in [0.4, 0.5) is 8.78 Å². The molecule has 0 atom stereocenters. The summed E-state index contributed by atoms with van der Waals surface area (Å²) in [6.07, 6.45) is 1.37. The first kappa shape index (κ1) is 14.7. The Morgan fingerprint density at radius 3 is 2.58 bits per heavy atom. The molecule has 6 heteroatoms. The molecule has 2 aromatic heterocycles. The Kier molecular flexibility index (Phi) is 3.66. The lowest BCUT2D eigenvalue weighted by Gasteiger charge is -2.08. The van der Waals surface area contributed by atoms with E-state index >= 15 is 0 Å². The summed E-state index contributed by atoms with van der Waals surface area (Å²) in [5.74, 6) is -1.28. The van der Waals surface area contributed by atoms with Crippen molar-refractivity contribution >= 4 is 21.6 Å². The van der Waals surface area contributed by atoms with Crippen LogP contribution in [0.15, 0.2) is 60.2 Å². The summed E-state index contributed by atoms with van der Waals surface area (Å²) in [6.45, 7) is 0. The van der Waals surface area contributed by atoms with Gasteiger partial charge in [-0.15, -0.1) is 11.3 Å². The van der Waals surface area contributed by atoms with Crippen molar-refractivity contribution in [1.29, 1.82) is 0 Å². The summed E-state index contributed by atoms with van der Waals surface area (Å²) < 4.78 is 32.5. The zero-order valence-corrected chi connectivity index (χ0v) is 13.1. The first-order chi connectivity index (χ1) is 11.7. The molecule has 118 valence electrons. The Morgan fingerprint density at radius 2 is 1.79 bits per heavy atom. The number of thiophene rings is 1. The molecule has 24 heavy (non-hydrogen) atoms. The third-order valence-electron chi connectivity index (χ3n) is 3.52. The Bertz CT molecular complexity index is 1020. The maximum Gasteiger partial charge on any atom is 0.231 e. The second-order valence-electron chi connectivity index (χ2n) is 5.05. The Labute approximate surface area is 140 Å². The maximum absolute atomic E-state index is 13.9. The highest BCUT2D eigenvalue weighted by Gasteiger charge is 2.16. The van der Waals surface area contributed by atoms with Crippen molar-refractivity contribution < 1.29 is 13.5 Å². The van der Waals surface area contributed by atoms with Gasteiger partial charge in [0.15, 0.2) is 11.6 Å². The molecule has 4 aromatic rings. The molecule has 0 aliphatic heterocycles. The van der Waals surface area contributed by atoms with Crippen LogP contribution in [0.2, 0.25) is 0 Å². The fourth-order valence-electron chi connectivity index (χ4n) is 2.42. The van der Waals surface area contributed by atoms with Crippen LogP contribution in [-0.4, -0.2) is 9.97 Å². The predicted molar refractivity (Wildman–Crippen MR) is 89.3 cm³/mol. The van der Waals surface area contributed by atoms with Crippen LogP contribution in [0.3, 0.4) is 0 Å². The molecule has 0 fully saturated rings. The van der Waals surface area contributed by atoms with Crippen molar-refractivity contribution in [2.45, 2.75) is 0 Å². The highest BCUT2D eigenvalue weighted by Crippen LogP contribution is 2.39. The normalized spacial score (nSPS) is 10.9. The van der Waals surface area contributed by atoms with Crippen molar-refractivity contribution in [2.24, 2.45) is 0 Å². The molecule has 0 spiro atoms. The van der Waals surface area contributed by atoms with Gasteiger partial charge in [0.25, 0.3) is 0 Å². The van der Waals surface area contributed by atoms with E-state index in [0.29, 0.717) is 5.39 Å². The fraction of sp³-hybridized carbons (Fsp3) is 0. The molecule has 0 aliphatic carbocycles. The van der Waals surface area contributed by atoms with E-state index in [1.54, 1.807) is 0 Å². The van der Waals surface area contributed by atoms with Crippen molar-refractivity contribution in [3.63, 3.8) is 0 Å². The molecular formula is C18H10F2N2OS. The Balaban J connectivity index is 1.85. The standard InChI is InChI=1S/C18H10F2N2OS/c19-12-6-7-15(14(20)8-12)23-17-16-13(11-4-2-1-3-5-11)9-24-18(16)22-10-21-17/h1-10H. The summed E-state index contributed by atoms with van der Waals surface area (Å²) >= 11 is 1.46. The lowest BCUT2D eigenvalue weighted by molar-refractivity contribution is 0.428. The van der Waals surface area contributed by atoms with Crippen LogP contribution in [0.25, 0.3) is 21.3 Å². The van der Waals surface area contributed by atoms with Gasteiger partial charge in [-0.3, -0.25) is 0 Å². The minimum absolute atomic E-state index is 0.0818. The van der Waals surface area contributed by atoms with E-state index in [4.69, 9.17) is 4.74 Å². The van der Waals surface area contributed by atoms with Crippen LogP contribution in [-0.2, 0) is 0 Å². The lowest BCUT2D eigenvalue weighted by Crippen LogP contribution is -1.93. The second-order valence-corrected chi connectivity index (χ2v) is 5.91. The largest absolute Gasteiger partial charge is 0.435 e. The number of ether oxygens (including phenoxy) is 1. The zero-order chi connectivity index (χ0) is 16.5. The Morgan fingerprint density at radius 1 is 0.958 bits per heavy atom. The molecule has 0 amide bonds. The molecule has 2 heterocycles. The summed E-state index contributed by atoms with van der Waals surface area (Å²) in [5.41, 5.74) is 1.90. The summed E-state index contributed by atoms with van der Waals surface area (Å²) in [5, 5.41) is 2.67. The van der Waals surface area contributed by atoms with Crippen LogP contribution >= 0.6 is 11.3 Å². The van der Waals surface area contributed by atoms with E-state index in [2.05, 4.69) is 9.97 Å².